The molecule has 2 saturated heterocycles. The number of rotatable bonds is 8. The zero-order valence-electron chi connectivity index (χ0n) is 23.7. The van der Waals surface area contributed by atoms with Crippen LogP contribution < -0.4 is 4.90 Å². The zero-order valence-corrected chi connectivity index (χ0v) is 25.3. The van der Waals surface area contributed by atoms with Crippen LogP contribution in [0.3, 0.4) is 0 Å². The highest BCUT2D eigenvalue weighted by atomic mass is 35.5. The summed E-state index contributed by atoms with van der Waals surface area (Å²) in [5.41, 5.74) is 1.90. The lowest BCUT2D eigenvalue weighted by atomic mass is 9.94. The summed E-state index contributed by atoms with van der Waals surface area (Å²) in [4.78, 5) is 48.2. The highest BCUT2D eigenvalue weighted by Gasteiger charge is 2.38. The van der Waals surface area contributed by atoms with Gasteiger partial charge in [-0.2, -0.15) is 13.2 Å². The molecule has 3 heterocycles. The van der Waals surface area contributed by atoms with Crippen molar-refractivity contribution in [3.05, 3.63) is 41.2 Å². The molecule has 0 atom stereocenters. The summed E-state index contributed by atoms with van der Waals surface area (Å²) >= 11 is 8.12. The van der Waals surface area contributed by atoms with E-state index in [0.717, 1.165) is 68.3 Å². The number of H-pyrrole nitrogens is 1. The molecule has 2 amide bonds. The molecule has 14 heteroatoms. The highest BCUT2D eigenvalue weighted by Crippen LogP contribution is 2.29. The van der Waals surface area contributed by atoms with Crippen molar-refractivity contribution < 1.29 is 32.7 Å². The largest absolute Gasteiger partial charge is 0.490 e. The van der Waals surface area contributed by atoms with Crippen LogP contribution in [0.2, 0.25) is 5.02 Å². The van der Waals surface area contributed by atoms with E-state index in [2.05, 4.69) is 14.9 Å². The van der Waals surface area contributed by atoms with Gasteiger partial charge in [-0.25, -0.2) is 9.78 Å². The molecular formula is C28H37ClF3N5O4S. The van der Waals surface area contributed by atoms with Gasteiger partial charge in [0.05, 0.1) is 5.69 Å². The van der Waals surface area contributed by atoms with Gasteiger partial charge in [-0.15, -0.1) is 0 Å². The van der Waals surface area contributed by atoms with E-state index in [-0.39, 0.29) is 17.7 Å². The predicted octanol–water partition coefficient (Wildman–Crippen LogP) is 5.24. The second-order valence-corrected chi connectivity index (χ2v) is 12.1. The molecule has 2 aliphatic heterocycles. The molecule has 0 saturated carbocycles. The third-order valence-corrected chi connectivity index (χ3v) is 8.74. The third-order valence-electron chi connectivity index (χ3n) is 7.27. The van der Waals surface area contributed by atoms with E-state index in [1.165, 1.54) is 0 Å². The normalized spacial score (nSPS) is 17.0. The van der Waals surface area contributed by atoms with E-state index in [1.54, 1.807) is 6.92 Å². The third kappa shape index (κ3) is 10.5. The van der Waals surface area contributed by atoms with Crippen LogP contribution in [0.15, 0.2) is 35.6 Å². The second kappa shape index (κ2) is 15.6. The Bertz CT molecular complexity index is 1200. The number of aliphatic carboxylic acids is 1. The number of nitrogens with zero attached hydrogens (tertiary/aromatic N) is 4. The van der Waals surface area contributed by atoms with Crippen LogP contribution in [0.1, 0.15) is 44.7 Å². The van der Waals surface area contributed by atoms with Gasteiger partial charge >= 0.3 is 12.1 Å². The first kappa shape index (κ1) is 33.7. The number of carboxylic acids is 1. The van der Waals surface area contributed by atoms with Crippen LogP contribution in [0.4, 0.5) is 18.9 Å². The lowest BCUT2D eigenvalue weighted by molar-refractivity contribution is -0.192. The van der Waals surface area contributed by atoms with Crippen molar-refractivity contribution in [3.63, 3.8) is 0 Å². The number of imidazole rings is 1. The summed E-state index contributed by atoms with van der Waals surface area (Å²) in [5, 5.41) is 9.38. The summed E-state index contributed by atoms with van der Waals surface area (Å²) in [6.45, 7) is 8.71. The van der Waals surface area contributed by atoms with Gasteiger partial charge in [-0.05, 0) is 76.9 Å². The lowest BCUT2D eigenvalue weighted by Crippen LogP contribution is -2.45. The number of aromatic nitrogens is 2. The van der Waals surface area contributed by atoms with Crippen molar-refractivity contribution in [2.24, 2.45) is 5.92 Å². The number of benzene rings is 1. The number of nitrogens with one attached hydrogen (secondary N) is 1. The molecule has 9 nitrogen and oxygen atoms in total. The maximum Gasteiger partial charge on any atom is 0.490 e. The average molecular weight is 632 g/mol. The maximum absolute atomic E-state index is 13.5. The molecule has 1 aromatic heterocycles. The first-order valence-electron chi connectivity index (χ1n) is 13.9. The minimum atomic E-state index is -5.08. The molecule has 2 aliphatic rings. The second-order valence-electron chi connectivity index (χ2n) is 10.4. The number of carbonyl (C=O) groups is 3. The van der Waals surface area contributed by atoms with Crippen LogP contribution in [0.25, 0.3) is 0 Å². The molecule has 0 radical (unpaired) electrons. The smallest absolute Gasteiger partial charge is 0.475 e. The van der Waals surface area contributed by atoms with Gasteiger partial charge in [0, 0.05) is 54.6 Å². The number of carboxylic acid groups (broad SMARTS) is 1. The van der Waals surface area contributed by atoms with Crippen LogP contribution in [0.5, 0.6) is 0 Å². The number of amides is 2. The van der Waals surface area contributed by atoms with Crippen molar-refractivity contribution in [1.29, 1.82) is 0 Å². The first-order valence-corrected chi connectivity index (χ1v) is 15.1. The van der Waals surface area contributed by atoms with E-state index in [4.69, 9.17) is 21.5 Å². The molecule has 2 aromatic rings. The van der Waals surface area contributed by atoms with Crippen LogP contribution in [-0.2, 0) is 14.4 Å². The van der Waals surface area contributed by atoms with Crippen molar-refractivity contribution >= 4 is 46.8 Å². The highest BCUT2D eigenvalue weighted by molar-refractivity contribution is 7.99. The number of halogens is 4. The Kier molecular flexibility index (Phi) is 12.6. The molecule has 0 unspecified atom stereocenters. The molecule has 1 aromatic carbocycles. The summed E-state index contributed by atoms with van der Waals surface area (Å²) in [6.07, 6.45) is 1.52. The zero-order chi connectivity index (χ0) is 30.9. The van der Waals surface area contributed by atoms with Crippen molar-refractivity contribution in [2.75, 3.05) is 44.2 Å². The molecule has 2 N–H and O–H groups in total. The van der Waals surface area contributed by atoms with Gasteiger partial charge in [0.1, 0.15) is 0 Å². The van der Waals surface area contributed by atoms with Crippen molar-refractivity contribution in [3.8, 4) is 0 Å². The summed E-state index contributed by atoms with van der Waals surface area (Å²) in [5.74, 6) is -2.57. The van der Waals surface area contributed by atoms with Crippen LogP contribution in [-0.4, -0.2) is 93.4 Å². The number of carbonyl (C=O) groups excluding carboxylic acids is 2. The van der Waals surface area contributed by atoms with Gasteiger partial charge in [-0.3, -0.25) is 9.59 Å². The molecule has 42 heavy (non-hydrogen) atoms. The average Bonchev–Trinajstić information content (AvgIpc) is 3.35. The van der Waals surface area contributed by atoms with E-state index in [1.807, 2.05) is 58.9 Å². The SMILES string of the molecule is CC(=O)N1CCC(C(=O)N(CCCN2CCC(Sc3nc(C)c[nH]3)CC2)c2cccc(Cl)c2)CC1.O=C(O)C(F)(F)F. The molecule has 2 fully saturated rings. The maximum atomic E-state index is 13.5. The standard InChI is InChI=1S/C26H36ClN5O2S.C2HF3O2/c1-19-18-28-26(29-19)35-24-9-13-30(14-10-24)11-4-12-32(23-6-3-5-22(27)17-23)25(34)21-7-15-31(16-8-21)20(2)33;3-2(4,5)1(6)7/h3,5-6,17-18,21,24H,4,7-16H2,1-2H3,(H,28,29);(H,6,7). The van der Waals surface area contributed by atoms with Gasteiger partial charge in [0.15, 0.2) is 5.16 Å². The Morgan fingerprint density at radius 1 is 1.14 bits per heavy atom. The van der Waals surface area contributed by atoms with Crippen LogP contribution in [0, 0.1) is 12.8 Å². The van der Waals surface area contributed by atoms with E-state index < -0.39 is 12.1 Å². The number of thioether (sulfide) groups is 1. The number of aryl methyl sites for hydroxylation is 1. The summed E-state index contributed by atoms with van der Waals surface area (Å²) in [6, 6.07) is 7.58. The number of likely N-dealkylation sites (tertiary alicyclic amines) is 2. The van der Waals surface area contributed by atoms with E-state index in [9.17, 15) is 22.8 Å². The minimum Gasteiger partial charge on any atom is -0.475 e. The Hall–Kier alpha value is -2.77. The molecule has 232 valence electrons. The van der Waals surface area contributed by atoms with Gasteiger partial charge < -0.3 is 24.8 Å². The monoisotopic (exact) mass is 631 g/mol. The number of piperidine rings is 2. The van der Waals surface area contributed by atoms with Gasteiger partial charge in [0.25, 0.3) is 0 Å². The molecule has 0 aliphatic carbocycles. The fraction of sp³-hybridized carbons (Fsp3) is 0.571. The molecule has 4 rings (SSSR count). The number of aromatic amines is 1. The van der Waals surface area contributed by atoms with Crippen LogP contribution >= 0.6 is 23.4 Å². The summed E-state index contributed by atoms with van der Waals surface area (Å²) < 4.78 is 31.7. The van der Waals surface area contributed by atoms with Crippen molar-refractivity contribution in [1.82, 2.24) is 19.8 Å². The predicted molar refractivity (Wildman–Crippen MR) is 156 cm³/mol. The molecule has 0 bridgehead atoms. The number of hydrogen-bond acceptors (Lipinski definition) is 6. The fourth-order valence-electron chi connectivity index (χ4n) is 4.98. The minimum absolute atomic E-state index is 0.0532. The Morgan fingerprint density at radius 3 is 2.31 bits per heavy atom. The van der Waals surface area contributed by atoms with Gasteiger partial charge in [-0.1, -0.05) is 29.4 Å². The molecule has 0 spiro atoms. The lowest BCUT2D eigenvalue weighted by Gasteiger charge is -2.35. The Labute approximate surface area is 252 Å². The quantitative estimate of drug-likeness (QED) is 0.410. The number of alkyl halides is 3. The first-order chi connectivity index (χ1) is 19.8. The Balaban J connectivity index is 0.000000616. The van der Waals surface area contributed by atoms with E-state index >= 15 is 0 Å². The fourth-order valence-corrected chi connectivity index (χ4v) is 6.26. The molecular weight excluding hydrogens is 595 g/mol. The number of hydrogen-bond donors (Lipinski definition) is 2. The summed E-state index contributed by atoms with van der Waals surface area (Å²) in [7, 11) is 0. The Morgan fingerprint density at radius 2 is 1.79 bits per heavy atom. The van der Waals surface area contributed by atoms with Crippen molar-refractivity contribution in [2.45, 2.75) is 62.5 Å². The van der Waals surface area contributed by atoms with Gasteiger partial charge in [0.2, 0.25) is 11.8 Å². The number of anilines is 1. The topological polar surface area (TPSA) is 110 Å². The van der Waals surface area contributed by atoms with E-state index in [0.29, 0.717) is 29.9 Å².